The summed E-state index contributed by atoms with van der Waals surface area (Å²) in [6, 6.07) is 3.61. The highest BCUT2D eigenvalue weighted by atomic mass is 28.3. The molecule has 7 nitrogen and oxygen atoms in total. The Kier molecular flexibility index (Phi) is 6.48. The summed E-state index contributed by atoms with van der Waals surface area (Å²) in [6.07, 6.45) is 12.0. The van der Waals surface area contributed by atoms with E-state index in [4.69, 9.17) is 15.6 Å². The topological polar surface area (TPSA) is 83.8 Å². The molecule has 3 heterocycles. The van der Waals surface area contributed by atoms with E-state index in [0.717, 1.165) is 41.4 Å². The summed E-state index contributed by atoms with van der Waals surface area (Å²) in [5, 5.41) is 5.69. The lowest BCUT2D eigenvalue weighted by atomic mass is 9.96. The van der Waals surface area contributed by atoms with E-state index < -0.39 is 8.07 Å². The van der Waals surface area contributed by atoms with Crippen LogP contribution in [0.15, 0.2) is 24.8 Å². The van der Waals surface area contributed by atoms with Crippen molar-refractivity contribution >= 4 is 24.9 Å². The molecule has 1 aliphatic carbocycles. The van der Waals surface area contributed by atoms with Crippen molar-refractivity contribution in [1.82, 2.24) is 24.3 Å². The Hall–Kier alpha value is -2.19. The van der Waals surface area contributed by atoms with Gasteiger partial charge in [0.15, 0.2) is 5.82 Å². The van der Waals surface area contributed by atoms with E-state index in [9.17, 15) is 0 Å². The van der Waals surface area contributed by atoms with E-state index in [2.05, 4.69) is 53.5 Å². The lowest BCUT2D eigenvalue weighted by Gasteiger charge is -2.22. The molecule has 1 atom stereocenters. The van der Waals surface area contributed by atoms with Crippen LogP contribution in [0.2, 0.25) is 25.7 Å². The zero-order valence-corrected chi connectivity index (χ0v) is 20.3. The molecule has 31 heavy (non-hydrogen) atoms. The smallest absolute Gasteiger partial charge is 0.154 e. The number of hydrogen-bond acceptors (Lipinski definition) is 5. The highest BCUT2D eigenvalue weighted by molar-refractivity contribution is 6.76. The van der Waals surface area contributed by atoms with Gasteiger partial charge in [-0.05, 0) is 37.3 Å². The second-order valence-corrected chi connectivity index (χ2v) is 15.6. The van der Waals surface area contributed by atoms with Crippen molar-refractivity contribution in [1.29, 1.82) is 0 Å². The summed E-state index contributed by atoms with van der Waals surface area (Å²) < 4.78 is 10.1. The Morgan fingerprint density at radius 3 is 2.71 bits per heavy atom. The summed E-state index contributed by atoms with van der Waals surface area (Å²) >= 11 is 0. The van der Waals surface area contributed by atoms with Crippen molar-refractivity contribution < 1.29 is 4.74 Å². The number of aromatic nitrogens is 5. The van der Waals surface area contributed by atoms with Crippen LogP contribution in [0.5, 0.6) is 0 Å². The lowest BCUT2D eigenvalue weighted by Crippen LogP contribution is -2.22. The molecule has 0 saturated heterocycles. The molecule has 0 unspecified atom stereocenters. The minimum atomic E-state index is -1.10. The highest BCUT2D eigenvalue weighted by Gasteiger charge is 2.27. The molecular formula is C23H36N6OSi. The quantitative estimate of drug-likeness (QED) is 0.359. The molecular weight excluding hydrogens is 404 g/mol. The van der Waals surface area contributed by atoms with Crippen molar-refractivity contribution in [2.24, 2.45) is 5.92 Å². The molecule has 4 rings (SSSR count). The SMILES string of the molecule is CC[C@H](C1CCCC1)n1cc(-c2ncnc3c2ccn3COCC[Si](C)(C)C)c(N)n1. The van der Waals surface area contributed by atoms with Crippen LogP contribution >= 0.6 is 0 Å². The minimum Gasteiger partial charge on any atom is -0.382 e. The fraction of sp³-hybridized carbons (Fsp3) is 0.609. The number of nitrogen functional groups attached to an aromatic ring is 1. The van der Waals surface area contributed by atoms with Gasteiger partial charge in [0.1, 0.15) is 18.7 Å². The van der Waals surface area contributed by atoms with Gasteiger partial charge in [0, 0.05) is 32.5 Å². The summed E-state index contributed by atoms with van der Waals surface area (Å²) in [5.74, 6) is 1.23. The zero-order chi connectivity index (χ0) is 22.0. The lowest BCUT2D eigenvalue weighted by molar-refractivity contribution is 0.0899. The van der Waals surface area contributed by atoms with Gasteiger partial charge in [-0.3, -0.25) is 4.68 Å². The average molecular weight is 441 g/mol. The van der Waals surface area contributed by atoms with Crippen LogP contribution in [0.4, 0.5) is 5.82 Å². The first-order valence-electron chi connectivity index (χ1n) is 11.6. The molecule has 168 valence electrons. The number of ether oxygens (including phenoxy) is 1. The van der Waals surface area contributed by atoms with Gasteiger partial charge >= 0.3 is 0 Å². The van der Waals surface area contributed by atoms with Crippen molar-refractivity contribution in [2.75, 3.05) is 12.3 Å². The van der Waals surface area contributed by atoms with Crippen LogP contribution in [-0.4, -0.2) is 39.0 Å². The maximum Gasteiger partial charge on any atom is 0.154 e. The first-order chi connectivity index (χ1) is 14.9. The van der Waals surface area contributed by atoms with Crippen LogP contribution in [0, 0.1) is 5.92 Å². The Balaban J connectivity index is 1.57. The molecule has 1 saturated carbocycles. The number of fused-ring (bicyclic) bond motifs is 1. The van der Waals surface area contributed by atoms with Gasteiger partial charge < -0.3 is 15.0 Å². The predicted octanol–water partition coefficient (Wildman–Crippen LogP) is 5.33. The molecule has 1 fully saturated rings. The normalized spacial score (nSPS) is 16.4. The van der Waals surface area contributed by atoms with Gasteiger partial charge in [-0.15, -0.1) is 0 Å². The summed E-state index contributed by atoms with van der Waals surface area (Å²) in [5.41, 5.74) is 8.98. The molecule has 3 aromatic heterocycles. The van der Waals surface area contributed by atoms with Crippen LogP contribution in [0.25, 0.3) is 22.3 Å². The summed E-state index contributed by atoms with van der Waals surface area (Å²) in [6.45, 7) is 10.6. The molecule has 1 aliphatic rings. The van der Waals surface area contributed by atoms with Gasteiger partial charge in [0.2, 0.25) is 0 Å². The standard InChI is InChI=1S/C23H36N6OSi/c1-5-20(17-8-6-7-9-17)29-14-19(22(24)27-29)21-18-10-11-28(23(18)26-15-25-21)16-30-12-13-31(2,3)4/h10-11,14-15,17,20H,5-9,12-13,16H2,1-4H3,(H2,24,27)/t20-/m1/s1. The Labute approximate surface area is 186 Å². The van der Waals surface area contributed by atoms with Crippen LogP contribution < -0.4 is 5.73 Å². The third-order valence-corrected chi connectivity index (χ3v) is 8.20. The van der Waals surface area contributed by atoms with Gasteiger partial charge in [-0.1, -0.05) is 39.4 Å². The van der Waals surface area contributed by atoms with Crippen LogP contribution in [0.3, 0.4) is 0 Å². The molecule has 0 spiro atoms. The molecule has 8 heteroatoms. The van der Waals surface area contributed by atoms with E-state index in [1.165, 1.54) is 25.7 Å². The monoisotopic (exact) mass is 440 g/mol. The molecule has 0 amide bonds. The second kappa shape index (κ2) is 9.12. The fourth-order valence-corrected chi connectivity index (χ4v) is 5.46. The molecule has 2 N–H and O–H groups in total. The van der Waals surface area contributed by atoms with E-state index in [0.29, 0.717) is 24.5 Å². The largest absolute Gasteiger partial charge is 0.382 e. The average Bonchev–Trinajstić information content (AvgIpc) is 3.46. The molecule has 0 aliphatic heterocycles. The fourth-order valence-electron chi connectivity index (χ4n) is 4.70. The van der Waals surface area contributed by atoms with Crippen molar-refractivity contribution in [2.45, 2.75) is 77.5 Å². The second-order valence-electron chi connectivity index (χ2n) is 10.0. The van der Waals surface area contributed by atoms with Crippen molar-refractivity contribution in [3.8, 4) is 11.3 Å². The number of hydrogen-bond donors (Lipinski definition) is 1. The van der Waals surface area contributed by atoms with Gasteiger partial charge in [0.25, 0.3) is 0 Å². The molecule has 3 aromatic rings. The van der Waals surface area contributed by atoms with Gasteiger partial charge in [-0.25, -0.2) is 9.97 Å². The predicted molar refractivity (Wildman–Crippen MR) is 129 cm³/mol. The van der Waals surface area contributed by atoms with Crippen molar-refractivity contribution in [3.05, 3.63) is 24.8 Å². The minimum absolute atomic E-state index is 0.403. The van der Waals surface area contributed by atoms with Gasteiger partial charge in [-0.2, -0.15) is 5.10 Å². The first kappa shape index (κ1) is 22.0. The number of anilines is 1. The van der Waals surface area contributed by atoms with E-state index >= 15 is 0 Å². The Morgan fingerprint density at radius 2 is 2.00 bits per heavy atom. The van der Waals surface area contributed by atoms with E-state index in [1.807, 2.05) is 10.8 Å². The van der Waals surface area contributed by atoms with E-state index in [1.54, 1.807) is 6.33 Å². The maximum atomic E-state index is 6.38. The summed E-state index contributed by atoms with van der Waals surface area (Å²) in [7, 11) is -1.10. The number of nitrogens with zero attached hydrogens (tertiary/aromatic N) is 5. The first-order valence-corrected chi connectivity index (χ1v) is 15.3. The zero-order valence-electron chi connectivity index (χ0n) is 19.3. The molecule has 0 radical (unpaired) electrons. The Morgan fingerprint density at radius 1 is 1.23 bits per heavy atom. The summed E-state index contributed by atoms with van der Waals surface area (Å²) in [4.78, 5) is 9.10. The third kappa shape index (κ3) is 4.85. The maximum absolute atomic E-state index is 6.38. The van der Waals surface area contributed by atoms with E-state index in [-0.39, 0.29) is 0 Å². The van der Waals surface area contributed by atoms with Crippen LogP contribution in [0.1, 0.15) is 45.1 Å². The van der Waals surface area contributed by atoms with Crippen LogP contribution in [-0.2, 0) is 11.5 Å². The molecule has 0 aromatic carbocycles. The van der Waals surface area contributed by atoms with Gasteiger partial charge in [0.05, 0.1) is 17.3 Å². The van der Waals surface area contributed by atoms with Crippen molar-refractivity contribution in [3.63, 3.8) is 0 Å². The Bertz CT molecular complexity index is 1010. The number of nitrogens with two attached hydrogens (primary N) is 1. The number of rotatable bonds is 9. The third-order valence-electron chi connectivity index (χ3n) is 6.50. The highest BCUT2D eigenvalue weighted by Crippen LogP contribution is 2.38. The molecule has 0 bridgehead atoms.